The summed E-state index contributed by atoms with van der Waals surface area (Å²) in [4.78, 5) is 0. The summed E-state index contributed by atoms with van der Waals surface area (Å²) >= 11 is 0. The lowest BCUT2D eigenvalue weighted by Gasteiger charge is -2.16. The van der Waals surface area contributed by atoms with Crippen LogP contribution in [0.5, 0.6) is 0 Å². The molecule has 1 heteroatoms. The summed E-state index contributed by atoms with van der Waals surface area (Å²) < 4.78 is 5.59. The highest BCUT2D eigenvalue weighted by molar-refractivity contribution is 5.00. The Labute approximate surface area is 76.1 Å². The van der Waals surface area contributed by atoms with Crippen molar-refractivity contribution >= 4 is 0 Å². The van der Waals surface area contributed by atoms with Gasteiger partial charge in [-0.3, -0.25) is 0 Å². The first kappa shape index (κ1) is 11.3. The Kier molecular flexibility index (Phi) is 4.72. The van der Waals surface area contributed by atoms with Gasteiger partial charge in [0.25, 0.3) is 0 Å². The zero-order valence-electron chi connectivity index (χ0n) is 8.85. The van der Waals surface area contributed by atoms with Crippen molar-refractivity contribution in [1.82, 2.24) is 0 Å². The fraction of sp³-hybridized carbons (Fsp3) is 0.636. The summed E-state index contributed by atoms with van der Waals surface area (Å²) in [6.07, 6.45) is 2.00. The first-order valence-electron chi connectivity index (χ1n) is 4.51. The lowest BCUT2D eigenvalue weighted by molar-refractivity contribution is 0.236. The molecule has 0 aromatic heterocycles. The second-order valence-corrected chi connectivity index (χ2v) is 3.57. The molecule has 0 amide bonds. The average molecular weight is 168 g/mol. The quantitative estimate of drug-likeness (QED) is 0.581. The summed E-state index contributed by atoms with van der Waals surface area (Å²) in [5.41, 5.74) is 0. The molecule has 0 atom stereocenters. The van der Waals surface area contributed by atoms with Gasteiger partial charge in [0.2, 0.25) is 0 Å². The average Bonchev–Trinajstić information content (AvgIpc) is 1.98. The van der Waals surface area contributed by atoms with Gasteiger partial charge in [-0.25, -0.2) is 0 Å². The molecule has 0 aliphatic carbocycles. The van der Waals surface area contributed by atoms with Crippen LogP contribution in [0, 0.1) is 11.8 Å². The van der Waals surface area contributed by atoms with Crippen LogP contribution >= 0.6 is 0 Å². The predicted molar refractivity (Wildman–Crippen MR) is 53.7 cm³/mol. The third kappa shape index (κ3) is 3.61. The van der Waals surface area contributed by atoms with E-state index >= 15 is 0 Å². The lowest BCUT2D eigenvalue weighted by atomic mass is 10.1. The van der Waals surface area contributed by atoms with Gasteiger partial charge in [-0.15, -0.1) is 0 Å². The summed E-state index contributed by atoms with van der Waals surface area (Å²) in [7, 11) is 0. The maximum absolute atomic E-state index is 5.59. The molecule has 0 radical (unpaired) electrons. The van der Waals surface area contributed by atoms with Crippen LogP contribution in [0.2, 0.25) is 0 Å². The summed E-state index contributed by atoms with van der Waals surface area (Å²) in [6.45, 7) is 14.2. The molecule has 0 rings (SSSR count). The largest absolute Gasteiger partial charge is 0.467 e. The molecule has 0 heterocycles. The molecule has 0 bridgehead atoms. The standard InChI is InChI=1S/C11H20O/c1-7-11(9(4)5)12-10(6)8(2)3/h7-9H,6H2,1-5H3/b11-7-. The summed E-state index contributed by atoms with van der Waals surface area (Å²) in [5.74, 6) is 2.68. The Morgan fingerprint density at radius 3 is 1.92 bits per heavy atom. The van der Waals surface area contributed by atoms with Gasteiger partial charge in [0.05, 0.1) is 5.76 Å². The SMILES string of the molecule is C=C(O/C(=C\C)C(C)C)C(C)C. The Morgan fingerprint density at radius 2 is 1.67 bits per heavy atom. The number of hydrogen-bond acceptors (Lipinski definition) is 1. The van der Waals surface area contributed by atoms with E-state index in [0.717, 1.165) is 11.5 Å². The van der Waals surface area contributed by atoms with Crippen LogP contribution in [0.25, 0.3) is 0 Å². The van der Waals surface area contributed by atoms with Crippen LogP contribution in [0.3, 0.4) is 0 Å². The van der Waals surface area contributed by atoms with Crippen LogP contribution in [-0.2, 0) is 4.74 Å². The van der Waals surface area contributed by atoms with Crippen molar-refractivity contribution in [3.8, 4) is 0 Å². The van der Waals surface area contributed by atoms with Crippen molar-refractivity contribution in [3.63, 3.8) is 0 Å². The molecule has 1 nitrogen and oxygen atoms in total. The molecule has 0 aromatic rings. The van der Waals surface area contributed by atoms with Crippen molar-refractivity contribution in [3.05, 3.63) is 24.2 Å². The molecule has 0 unspecified atom stereocenters. The van der Waals surface area contributed by atoms with E-state index in [1.165, 1.54) is 0 Å². The van der Waals surface area contributed by atoms with Crippen molar-refractivity contribution < 1.29 is 4.74 Å². The zero-order valence-corrected chi connectivity index (χ0v) is 8.85. The summed E-state index contributed by atoms with van der Waals surface area (Å²) in [5, 5.41) is 0. The normalized spacial score (nSPS) is 12.4. The molecule has 0 N–H and O–H groups in total. The van der Waals surface area contributed by atoms with Crippen molar-refractivity contribution in [2.45, 2.75) is 34.6 Å². The van der Waals surface area contributed by atoms with Crippen molar-refractivity contribution in [1.29, 1.82) is 0 Å². The van der Waals surface area contributed by atoms with Crippen LogP contribution in [0.15, 0.2) is 24.2 Å². The van der Waals surface area contributed by atoms with E-state index in [1.807, 2.05) is 13.0 Å². The molecule has 0 aliphatic rings. The molecule has 0 fully saturated rings. The minimum absolute atomic E-state index is 0.388. The Hall–Kier alpha value is -0.720. The zero-order chi connectivity index (χ0) is 9.72. The topological polar surface area (TPSA) is 9.23 Å². The van der Waals surface area contributed by atoms with E-state index in [1.54, 1.807) is 0 Å². The lowest BCUT2D eigenvalue weighted by Crippen LogP contribution is -2.03. The van der Waals surface area contributed by atoms with E-state index in [4.69, 9.17) is 4.74 Å². The van der Waals surface area contributed by atoms with E-state index in [2.05, 4.69) is 34.3 Å². The minimum atomic E-state index is 0.388. The van der Waals surface area contributed by atoms with E-state index in [9.17, 15) is 0 Å². The van der Waals surface area contributed by atoms with Crippen LogP contribution < -0.4 is 0 Å². The van der Waals surface area contributed by atoms with Crippen molar-refractivity contribution in [2.75, 3.05) is 0 Å². The van der Waals surface area contributed by atoms with Gasteiger partial charge in [0.15, 0.2) is 0 Å². The molecule has 70 valence electrons. The predicted octanol–water partition coefficient (Wildman–Crippen LogP) is 3.73. The molecular formula is C11H20O. The molecule has 0 aromatic carbocycles. The second-order valence-electron chi connectivity index (χ2n) is 3.57. The van der Waals surface area contributed by atoms with E-state index in [-0.39, 0.29) is 0 Å². The maximum Gasteiger partial charge on any atom is 0.102 e. The Bertz CT molecular complexity index is 175. The number of allylic oxidation sites excluding steroid dienone is 3. The molecule has 0 spiro atoms. The van der Waals surface area contributed by atoms with Gasteiger partial charge >= 0.3 is 0 Å². The van der Waals surface area contributed by atoms with E-state index < -0.39 is 0 Å². The van der Waals surface area contributed by atoms with Gasteiger partial charge in [-0.2, -0.15) is 0 Å². The Morgan fingerprint density at radius 1 is 1.17 bits per heavy atom. The molecular weight excluding hydrogens is 148 g/mol. The van der Waals surface area contributed by atoms with Gasteiger partial charge in [-0.05, 0) is 13.0 Å². The number of hydrogen-bond donors (Lipinski definition) is 0. The van der Waals surface area contributed by atoms with Gasteiger partial charge in [0, 0.05) is 11.8 Å². The number of ether oxygens (including phenoxy) is 1. The maximum atomic E-state index is 5.59. The van der Waals surface area contributed by atoms with Crippen LogP contribution in [-0.4, -0.2) is 0 Å². The molecule has 12 heavy (non-hydrogen) atoms. The first-order chi connectivity index (χ1) is 5.49. The monoisotopic (exact) mass is 168 g/mol. The van der Waals surface area contributed by atoms with Crippen molar-refractivity contribution in [2.24, 2.45) is 11.8 Å². The first-order valence-corrected chi connectivity index (χ1v) is 4.51. The third-order valence-corrected chi connectivity index (χ3v) is 1.75. The minimum Gasteiger partial charge on any atom is -0.467 e. The fourth-order valence-electron chi connectivity index (χ4n) is 0.779. The summed E-state index contributed by atoms with van der Waals surface area (Å²) in [6, 6.07) is 0. The van der Waals surface area contributed by atoms with Gasteiger partial charge < -0.3 is 4.74 Å². The number of rotatable bonds is 4. The highest BCUT2D eigenvalue weighted by atomic mass is 16.5. The van der Waals surface area contributed by atoms with Gasteiger partial charge in [0.1, 0.15) is 5.76 Å². The van der Waals surface area contributed by atoms with E-state index in [0.29, 0.717) is 11.8 Å². The molecule has 0 saturated carbocycles. The van der Waals surface area contributed by atoms with Crippen LogP contribution in [0.4, 0.5) is 0 Å². The molecule has 0 aliphatic heterocycles. The highest BCUT2D eigenvalue weighted by Crippen LogP contribution is 2.18. The fourth-order valence-corrected chi connectivity index (χ4v) is 0.779. The second kappa shape index (κ2) is 5.02. The van der Waals surface area contributed by atoms with Crippen LogP contribution in [0.1, 0.15) is 34.6 Å². The highest BCUT2D eigenvalue weighted by Gasteiger charge is 2.07. The molecule has 0 saturated heterocycles. The Balaban J connectivity index is 4.15. The smallest absolute Gasteiger partial charge is 0.102 e. The van der Waals surface area contributed by atoms with Gasteiger partial charge in [-0.1, -0.05) is 34.3 Å². The third-order valence-electron chi connectivity index (χ3n) is 1.75.